The van der Waals surface area contributed by atoms with Crippen LogP contribution in [0.4, 0.5) is 16.4 Å². The van der Waals surface area contributed by atoms with Crippen molar-refractivity contribution in [3.63, 3.8) is 0 Å². The molecule has 3 aromatic carbocycles. The van der Waals surface area contributed by atoms with Gasteiger partial charge in [0, 0.05) is 80.3 Å². The number of ketones is 3. The number of hydrogen-bond acceptors (Lipinski definition) is 40. The van der Waals surface area contributed by atoms with Crippen molar-refractivity contribution >= 4 is 156 Å². The number of aliphatic hydroxyl groups is 12. The number of carbonyl (C=O) groups is 15. The number of aliphatic carboxylic acids is 3. The van der Waals surface area contributed by atoms with E-state index in [2.05, 4.69) is 41.2 Å². The summed E-state index contributed by atoms with van der Waals surface area (Å²) in [5.74, 6) is -28.7. The molecule has 25 N–H and O–H groups in total. The Morgan fingerprint density at radius 2 is 1.23 bits per heavy atom. The van der Waals surface area contributed by atoms with E-state index in [1.807, 2.05) is 16.0 Å². The molecule has 2 aromatic heterocycles. The molecule has 52 heteroatoms. The standard InChI is InChI=1S/C89H118Cl2N12O36S2/c1-41(2)26-64-85(132)137-62(15-10-16-65(113)98-55(28-43-17-22-63(135-6)52(90)27-43)82(128)96-40-89(4,5)86(133)138-64)42(3)76(68(91)44-12-8-7-9-13-44)139-88(134)136-24-25-140-141-39-56(84(130)131)101-81(127)51(72(120)75(123)61(112)38-106)31-58(109)54(33-67(116)117)100-80(126)50(71(119)74(122)60(111)37-105)30-57(108)53(32-66(114)115)99-79(125)49(70(118)73(121)59(110)36-104)29-48(107)14-11-23-93-78(124)45-18-20-46(21-19-45)94-34-47-35-95-77-69(97-47)83(129)103-87(92)102-77/h7-10,12-13,16-22,27,35,41-42,49-51,53-56,59-62,64,68,70-76,94,104-106,110-112,118-123H,11,14-15,23-26,28-34,36-40H2,1-6H3,(H,93,124)(H,96,128)(H,98,113)(H,99,125)(H,100,126)(H,101,127)(H,114,115)(H,116,117)(H,130,131)(H3,92,95,102,103,129)/b16-10+/t42-,49-,50-,51-,53-,54-,55+,56+,59+,60+,61+,62-,64-,68-,70+,71+,72+,73+,74+,75+,76+/m0/s1. The molecule has 0 radical (unpaired) electrons. The molecule has 0 spiro atoms. The summed E-state index contributed by atoms with van der Waals surface area (Å²) < 4.78 is 28.6. The van der Waals surface area contributed by atoms with Crippen molar-refractivity contribution in [2.75, 3.05) is 69.2 Å². The van der Waals surface area contributed by atoms with Crippen LogP contribution < -0.4 is 53.2 Å². The predicted octanol–water partition coefficient (Wildman–Crippen LogP) is -2.26. The van der Waals surface area contributed by atoms with Crippen LogP contribution in [0.1, 0.15) is 125 Å². The van der Waals surface area contributed by atoms with E-state index in [1.165, 1.54) is 64.4 Å². The number of carbonyl (C=O) groups excluding carboxylic acids is 12. The summed E-state index contributed by atoms with van der Waals surface area (Å²) in [7, 11) is 2.92. The zero-order valence-electron chi connectivity index (χ0n) is 77.1. The summed E-state index contributed by atoms with van der Waals surface area (Å²) in [5.41, 5.74) is 5.31. The Morgan fingerprint density at radius 1 is 0.681 bits per heavy atom. The molecule has 0 bridgehead atoms. The number of nitrogen functional groups attached to an aromatic ring is 1. The van der Waals surface area contributed by atoms with Crippen LogP contribution in [0.25, 0.3) is 11.2 Å². The number of aromatic amines is 1. The fourth-order valence-corrected chi connectivity index (χ4v) is 16.8. The first-order chi connectivity index (χ1) is 66.5. The number of cyclic esters (lactones) is 2. The molecule has 5 aromatic rings. The van der Waals surface area contributed by atoms with Crippen LogP contribution in [0, 0.1) is 35.0 Å². The Bertz CT molecular complexity index is 5210. The van der Waals surface area contributed by atoms with Gasteiger partial charge >= 0.3 is 36.0 Å². The number of Topliss-reactive ketones (excluding diaryl/α,β-unsaturated/α-hetero) is 3. The smallest absolute Gasteiger partial charge is 0.495 e. The molecular weight excluding hydrogens is 1950 g/mol. The molecule has 21 atom stereocenters. The topological polar surface area (TPSA) is 787 Å². The minimum atomic E-state index is -2.84. The molecule has 48 nitrogen and oxygen atoms in total. The van der Waals surface area contributed by atoms with Gasteiger partial charge in [-0.15, -0.1) is 11.6 Å². The lowest BCUT2D eigenvalue weighted by atomic mass is 9.85. The number of fused-ring (bicyclic) bond motifs is 1. The van der Waals surface area contributed by atoms with Crippen molar-refractivity contribution in [1.82, 2.24) is 51.8 Å². The maximum Gasteiger partial charge on any atom is 0.508 e. The molecule has 0 saturated carbocycles. The minimum absolute atomic E-state index is 0.0221. The van der Waals surface area contributed by atoms with E-state index in [4.69, 9.17) is 52.6 Å². The normalized spacial score (nSPS) is 18.9. The number of nitrogens with two attached hydrogens (primary N) is 1. The van der Waals surface area contributed by atoms with Gasteiger partial charge in [0.05, 0.1) is 122 Å². The maximum atomic E-state index is 14.5. The van der Waals surface area contributed by atoms with E-state index < -0.39 is 297 Å². The number of alkyl halides is 1. The SMILES string of the molecule is COc1ccc(C[C@H]2NC(=O)/C=C/C[C@@H]([C@H](C)[C@@H](OC(=O)OCCSSC[C@@H](NC(=O)[C@@H](CC(=O)[C@H](CC(=O)O)NC(=O)[C@@H](CC(=O)[C@H](CC(=O)O)NC(=O)[C@@H](CC(=O)CCCNC(=O)c3ccc(NCc4cnc5nc(N)[nH]c(=O)c5n4)cc3)[C@@H](O)[C@H](O)[C@H](O)CO)[C@@H](O)[C@H](O)[C@H](O)CO)[C@@H](O)[C@H](O)[C@H](O)CO)C(=O)O)[C@@H](Cl)c3ccccc3)OC(=O)[C@H](CC(C)C)OC(=O)C(C)(C)CNC2=O)cc1Cl. The molecule has 1 aliphatic heterocycles. The van der Waals surface area contributed by atoms with E-state index in [9.17, 15) is 153 Å². The van der Waals surface area contributed by atoms with Crippen molar-refractivity contribution in [2.45, 2.75) is 208 Å². The van der Waals surface area contributed by atoms with Crippen molar-refractivity contribution in [3.8, 4) is 5.75 Å². The van der Waals surface area contributed by atoms with Crippen molar-refractivity contribution in [1.29, 1.82) is 0 Å². The molecule has 1 aliphatic rings. The van der Waals surface area contributed by atoms with E-state index >= 15 is 0 Å². The number of rotatable bonds is 55. The van der Waals surface area contributed by atoms with Gasteiger partial charge in [-0.2, -0.15) is 4.98 Å². The van der Waals surface area contributed by atoms with E-state index in [0.717, 1.165) is 16.9 Å². The highest BCUT2D eigenvalue weighted by Gasteiger charge is 2.47. The molecular formula is C89H118Cl2N12O36S2. The summed E-state index contributed by atoms with van der Waals surface area (Å²) in [4.78, 5) is 233. The lowest BCUT2D eigenvalue weighted by Crippen LogP contribution is -2.55. The van der Waals surface area contributed by atoms with Crippen LogP contribution in [-0.4, -0.2) is 341 Å². The van der Waals surface area contributed by atoms with Crippen LogP contribution >= 0.6 is 44.8 Å². The van der Waals surface area contributed by atoms with Gasteiger partial charge in [-0.3, -0.25) is 67.3 Å². The van der Waals surface area contributed by atoms with Crippen molar-refractivity contribution in [2.24, 2.45) is 35.0 Å². The zero-order chi connectivity index (χ0) is 105. The second kappa shape index (κ2) is 57.4. The fraction of sp³-hybridized carbons (Fsp3) is 0.539. The third kappa shape index (κ3) is 36.9. The first-order valence-electron chi connectivity index (χ1n) is 44.0. The average molecular weight is 2070 g/mol. The summed E-state index contributed by atoms with van der Waals surface area (Å²) in [6.07, 6.45) is -33.3. The van der Waals surface area contributed by atoms with Crippen LogP contribution in [0.3, 0.4) is 0 Å². The number of methoxy groups -OCH3 is 1. The number of H-pyrrole nitrogens is 1. The number of benzene rings is 3. The number of halogens is 2. The molecule has 0 unspecified atom stereocenters. The van der Waals surface area contributed by atoms with Gasteiger partial charge in [0.1, 0.15) is 79.1 Å². The highest BCUT2D eigenvalue weighted by molar-refractivity contribution is 8.76. The molecule has 6 rings (SSSR count). The Hall–Kier alpha value is -11.7. The molecule has 3 heterocycles. The Kier molecular flexibility index (Phi) is 48.0. The lowest BCUT2D eigenvalue weighted by Gasteiger charge is -2.34. The van der Waals surface area contributed by atoms with Crippen LogP contribution in [0.2, 0.25) is 5.02 Å². The molecule has 0 aliphatic carbocycles. The zero-order valence-corrected chi connectivity index (χ0v) is 80.2. The fourth-order valence-electron chi connectivity index (χ4n) is 14.1. The first-order valence-corrected chi connectivity index (χ1v) is 47.3. The predicted molar refractivity (Wildman–Crippen MR) is 499 cm³/mol. The van der Waals surface area contributed by atoms with Crippen LogP contribution in [-0.2, 0) is 94.2 Å². The van der Waals surface area contributed by atoms with Crippen molar-refractivity contribution < 1.29 is 172 Å². The third-order valence-electron chi connectivity index (χ3n) is 22.2. The quantitative estimate of drug-likeness (QED) is 0.00642. The lowest BCUT2D eigenvalue weighted by molar-refractivity contribution is -0.180. The van der Waals surface area contributed by atoms with Crippen LogP contribution in [0.5, 0.6) is 5.75 Å². The van der Waals surface area contributed by atoms with Gasteiger partial charge in [0.25, 0.3) is 11.5 Å². The highest BCUT2D eigenvalue weighted by atomic mass is 35.5. The van der Waals surface area contributed by atoms with Crippen molar-refractivity contribution in [3.05, 3.63) is 129 Å². The number of nitrogens with zero attached hydrogens (tertiary/aromatic N) is 3. The number of esters is 2. The molecule has 141 heavy (non-hydrogen) atoms. The van der Waals surface area contributed by atoms with Gasteiger partial charge in [-0.1, -0.05) is 96.4 Å². The number of anilines is 2. The maximum absolute atomic E-state index is 14.5. The number of carboxylic acid groups (broad SMARTS) is 3. The molecule has 0 fully saturated rings. The number of hydrogen-bond donors (Lipinski definition) is 24. The Morgan fingerprint density at radius 3 is 1.76 bits per heavy atom. The molecule has 6 amide bonds. The highest BCUT2D eigenvalue weighted by Crippen LogP contribution is 2.37. The van der Waals surface area contributed by atoms with E-state index in [0.29, 0.717) is 39.1 Å². The van der Waals surface area contributed by atoms with Gasteiger partial charge in [0.15, 0.2) is 28.8 Å². The number of amides is 6. The van der Waals surface area contributed by atoms with Gasteiger partial charge in [0.2, 0.25) is 35.5 Å². The second-order valence-corrected chi connectivity index (χ2v) is 37.5. The summed E-state index contributed by atoms with van der Waals surface area (Å²) in [6, 6.07) is 10.5. The molecule has 0 saturated heterocycles. The van der Waals surface area contributed by atoms with Gasteiger partial charge in [-0.05, 0) is 86.2 Å². The first kappa shape index (κ1) is 118. The Balaban J connectivity index is 1.15. The second-order valence-electron chi connectivity index (χ2n) is 34.0. The summed E-state index contributed by atoms with van der Waals surface area (Å²) in [5, 5.41) is 174. The minimum Gasteiger partial charge on any atom is -0.495 e. The van der Waals surface area contributed by atoms with Gasteiger partial charge in [-0.25, -0.2) is 24.4 Å². The average Bonchev–Trinajstić information content (AvgIpc) is 0.819. The van der Waals surface area contributed by atoms with Crippen LogP contribution in [0.15, 0.2) is 95.9 Å². The number of aliphatic hydroxyl groups excluding tert-OH is 12. The largest absolute Gasteiger partial charge is 0.508 e. The summed E-state index contributed by atoms with van der Waals surface area (Å²) in [6.45, 7) is 2.92. The van der Waals surface area contributed by atoms with E-state index in [1.54, 1.807) is 62.4 Å². The summed E-state index contributed by atoms with van der Waals surface area (Å²) >= 11 is 13.6. The monoisotopic (exact) mass is 2060 g/mol. The Labute approximate surface area is 823 Å². The van der Waals surface area contributed by atoms with Gasteiger partial charge < -0.3 is 143 Å². The van der Waals surface area contributed by atoms with E-state index in [-0.39, 0.29) is 84.7 Å². The third-order valence-corrected chi connectivity index (χ3v) is 25.4. The number of nitrogens with one attached hydrogen (secondary N) is 8. The number of ether oxygens (including phenoxy) is 5. The number of carboxylic acids is 3. The number of aromatic nitrogens is 4. The molecule has 776 valence electrons.